The second-order valence-corrected chi connectivity index (χ2v) is 6.66. The molecule has 2 aromatic rings. The molecular weight excluding hydrogens is 436 g/mol. The molecule has 0 spiro atoms. The third kappa shape index (κ3) is 5.59. The lowest BCUT2D eigenvalue weighted by Crippen LogP contribution is -2.23. The Morgan fingerprint density at radius 1 is 1.20 bits per heavy atom. The first-order valence-corrected chi connectivity index (χ1v) is 9.16. The Kier molecular flexibility index (Phi) is 7.49. The van der Waals surface area contributed by atoms with Crippen molar-refractivity contribution in [2.24, 2.45) is 0 Å². The molecular formula is C19H21FINO3. The molecule has 0 aliphatic rings. The van der Waals surface area contributed by atoms with Gasteiger partial charge < -0.3 is 14.8 Å². The van der Waals surface area contributed by atoms with E-state index in [4.69, 9.17) is 9.47 Å². The summed E-state index contributed by atoms with van der Waals surface area (Å²) in [5.41, 5.74) is 1.35. The van der Waals surface area contributed by atoms with Crippen LogP contribution in [0.5, 0.6) is 11.5 Å². The van der Waals surface area contributed by atoms with Gasteiger partial charge in [0.25, 0.3) is 5.91 Å². The molecule has 2 rings (SSSR count). The van der Waals surface area contributed by atoms with Crippen LogP contribution in [0.1, 0.15) is 35.7 Å². The van der Waals surface area contributed by atoms with E-state index in [1.54, 1.807) is 7.11 Å². The van der Waals surface area contributed by atoms with Gasteiger partial charge >= 0.3 is 0 Å². The molecule has 0 saturated carbocycles. The fourth-order valence-electron chi connectivity index (χ4n) is 2.22. The summed E-state index contributed by atoms with van der Waals surface area (Å²) in [6.07, 6.45) is 2.05. The van der Waals surface area contributed by atoms with E-state index in [0.29, 0.717) is 33.8 Å². The van der Waals surface area contributed by atoms with Gasteiger partial charge in [-0.1, -0.05) is 19.4 Å². The third-order valence-electron chi connectivity index (χ3n) is 3.61. The number of methoxy groups -OCH3 is 1. The number of benzene rings is 2. The zero-order valence-corrected chi connectivity index (χ0v) is 16.4. The molecule has 0 bridgehead atoms. The van der Waals surface area contributed by atoms with Gasteiger partial charge in [0.05, 0.1) is 19.3 Å². The molecule has 1 amide bonds. The van der Waals surface area contributed by atoms with Gasteiger partial charge in [-0.25, -0.2) is 4.39 Å². The van der Waals surface area contributed by atoms with Crippen LogP contribution in [0.25, 0.3) is 0 Å². The molecule has 1 N–H and O–H groups in total. The average molecular weight is 457 g/mol. The van der Waals surface area contributed by atoms with Gasteiger partial charge in [-0.3, -0.25) is 4.79 Å². The first-order chi connectivity index (χ1) is 12.0. The summed E-state index contributed by atoms with van der Waals surface area (Å²) in [6, 6.07) is 9.68. The second-order valence-electron chi connectivity index (χ2n) is 5.49. The molecule has 134 valence electrons. The van der Waals surface area contributed by atoms with Crippen molar-refractivity contribution in [2.75, 3.05) is 13.7 Å². The number of nitrogens with one attached hydrogen (secondary N) is 1. The minimum absolute atomic E-state index is 0.244. The predicted octanol–water partition coefficient (Wildman–Crippen LogP) is 4.55. The molecule has 25 heavy (non-hydrogen) atoms. The van der Waals surface area contributed by atoms with Crippen molar-refractivity contribution in [3.63, 3.8) is 0 Å². The van der Waals surface area contributed by atoms with Crippen LogP contribution < -0.4 is 14.8 Å². The SMILES string of the molecule is CCCCOc1ccc(CNC(=O)c2ccc(F)cc2I)cc1OC. The summed E-state index contributed by atoms with van der Waals surface area (Å²) in [7, 11) is 1.59. The van der Waals surface area contributed by atoms with Crippen LogP contribution in [0.2, 0.25) is 0 Å². The van der Waals surface area contributed by atoms with Crippen LogP contribution in [0.4, 0.5) is 4.39 Å². The van der Waals surface area contributed by atoms with E-state index in [1.807, 2.05) is 40.8 Å². The minimum Gasteiger partial charge on any atom is -0.493 e. The van der Waals surface area contributed by atoms with Crippen molar-refractivity contribution >= 4 is 28.5 Å². The van der Waals surface area contributed by atoms with E-state index < -0.39 is 0 Å². The van der Waals surface area contributed by atoms with Crippen molar-refractivity contribution in [3.8, 4) is 11.5 Å². The first kappa shape index (κ1) is 19.5. The molecule has 0 atom stereocenters. The summed E-state index contributed by atoms with van der Waals surface area (Å²) >= 11 is 1.95. The van der Waals surface area contributed by atoms with E-state index in [1.165, 1.54) is 18.2 Å². The Morgan fingerprint density at radius 2 is 2.00 bits per heavy atom. The molecule has 0 aromatic heterocycles. The van der Waals surface area contributed by atoms with Gasteiger partial charge in [0, 0.05) is 10.1 Å². The summed E-state index contributed by atoms with van der Waals surface area (Å²) in [4.78, 5) is 12.3. The monoisotopic (exact) mass is 457 g/mol. The number of halogens is 2. The van der Waals surface area contributed by atoms with Crippen LogP contribution in [-0.4, -0.2) is 19.6 Å². The molecule has 0 fully saturated rings. The number of hydrogen-bond acceptors (Lipinski definition) is 3. The number of carbonyl (C=O) groups excluding carboxylic acids is 1. The highest BCUT2D eigenvalue weighted by Gasteiger charge is 2.11. The van der Waals surface area contributed by atoms with Crippen molar-refractivity contribution < 1.29 is 18.7 Å². The highest BCUT2D eigenvalue weighted by Crippen LogP contribution is 2.28. The maximum absolute atomic E-state index is 13.1. The van der Waals surface area contributed by atoms with Crippen molar-refractivity contribution in [2.45, 2.75) is 26.3 Å². The van der Waals surface area contributed by atoms with Gasteiger partial charge in [0.2, 0.25) is 0 Å². The molecule has 6 heteroatoms. The number of unbranched alkanes of at least 4 members (excludes halogenated alkanes) is 1. The fraction of sp³-hybridized carbons (Fsp3) is 0.316. The normalized spacial score (nSPS) is 10.4. The first-order valence-electron chi connectivity index (χ1n) is 8.08. The zero-order chi connectivity index (χ0) is 18.2. The smallest absolute Gasteiger partial charge is 0.252 e. The van der Waals surface area contributed by atoms with Gasteiger partial charge in [0.15, 0.2) is 11.5 Å². The number of amides is 1. The summed E-state index contributed by atoms with van der Waals surface area (Å²) < 4.78 is 24.8. The quantitative estimate of drug-likeness (QED) is 0.468. The molecule has 0 aliphatic carbocycles. The maximum atomic E-state index is 13.1. The van der Waals surface area contributed by atoms with Crippen molar-refractivity contribution in [3.05, 3.63) is 56.9 Å². The Hall–Kier alpha value is -1.83. The summed E-state index contributed by atoms with van der Waals surface area (Å²) in [5.74, 6) is 0.731. The van der Waals surface area contributed by atoms with E-state index in [-0.39, 0.29) is 11.7 Å². The van der Waals surface area contributed by atoms with Crippen LogP contribution >= 0.6 is 22.6 Å². The summed E-state index contributed by atoms with van der Waals surface area (Å²) in [6.45, 7) is 3.10. The minimum atomic E-state index is -0.357. The van der Waals surface area contributed by atoms with Crippen molar-refractivity contribution in [1.82, 2.24) is 5.32 Å². The highest BCUT2D eigenvalue weighted by atomic mass is 127. The average Bonchev–Trinajstić information content (AvgIpc) is 2.60. The van der Waals surface area contributed by atoms with E-state index >= 15 is 0 Å². The highest BCUT2D eigenvalue weighted by molar-refractivity contribution is 14.1. The predicted molar refractivity (Wildman–Crippen MR) is 104 cm³/mol. The van der Waals surface area contributed by atoms with Gasteiger partial charge in [-0.2, -0.15) is 0 Å². The Labute approximate surface area is 160 Å². The largest absolute Gasteiger partial charge is 0.493 e. The molecule has 0 unspecified atom stereocenters. The van der Waals surface area contributed by atoms with Gasteiger partial charge in [-0.15, -0.1) is 0 Å². The number of ether oxygens (including phenoxy) is 2. The molecule has 4 nitrogen and oxygen atoms in total. The van der Waals surface area contributed by atoms with Crippen molar-refractivity contribution in [1.29, 1.82) is 0 Å². The number of hydrogen-bond donors (Lipinski definition) is 1. The lowest BCUT2D eigenvalue weighted by atomic mass is 10.1. The zero-order valence-electron chi connectivity index (χ0n) is 14.3. The van der Waals surface area contributed by atoms with E-state index in [9.17, 15) is 9.18 Å². The molecule has 0 radical (unpaired) electrons. The lowest BCUT2D eigenvalue weighted by molar-refractivity contribution is 0.0950. The van der Waals surface area contributed by atoms with E-state index in [2.05, 4.69) is 12.2 Å². The number of rotatable bonds is 8. The standard InChI is InChI=1S/C19H21FINO3/c1-3-4-9-25-17-8-5-13(10-18(17)24-2)12-22-19(23)15-7-6-14(20)11-16(15)21/h5-8,10-11H,3-4,9,12H2,1-2H3,(H,22,23). The summed E-state index contributed by atoms with van der Waals surface area (Å²) in [5, 5.41) is 2.84. The van der Waals surface area contributed by atoms with Gasteiger partial charge in [0.1, 0.15) is 5.82 Å². The lowest BCUT2D eigenvalue weighted by Gasteiger charge is -2.13. The van der Waals surface area contributed by atoms with E-state index in [0.717, 1.165) is 18.4 Å². The Balaban J connectivity index is 2.01. The Morgan fingerprint density at radius 3 is 2.68 bits per heavy atom. The molecule has 0 aliphatic heterocycles. The topological polar surface area (TPSA) is 47.6 Å². The third-order valence-corrected chi connectivity index (χ3v) is 4.50. The van der Waals surface area contributed by atoms with Crippen LogP contribution in [-0.2, 0) is 6.54 Å². The van der Waals surface area contributed by atoms with Crippen LogP contribution in [0.3, 0.4) is 0 Å². The molecule has 0 saturated heterocycles. The maximum Gasteiger partial charge on any atom is 0.252 e. The fourth-order valence-corrected chi connectivity index (χ4v) is 2.94. The Bertz CT molecular complexity index is 737. The second kappa shape index (κ2) is 9.60. The van der Waals surface area contributed by atoms with Crippen LogP contribution in [0, 0.1) is 9.39 Å². The number of carbonyl (C=O) groups is 1. The molecule has 2 aromatic carbocycles. The van der Waals surface area contributed by atoms with Gasteiger partial charge in [-0.05, 0) is 64.9 Å². The molecule has 0 heterocycles. The van der Waals surface area contributed by atoms with Crippen LogP contribution in [0.15, 0.2) is 36.4 Å².